The van der Waals surface area contributed by atoms with Gasteiger partial charge in [-0.3, -0.25) is 19.7 Å². The van der Waals surface area contributed by atoms with E-state index in [-0.39, 0.29) is 18.9 Å². The lowest BCUT2D eigenvalue weighted by Gasteiger charge is -2.24. The highest BCUT2D eigenvalue weighted by Crippen LogP contribution is 2.26. The third-order valence-corrected chi connectivity index (χ3v) is 3.46. The first-order valence-electron chi connectivity index (χ1n) is 6.41. The van der Waals surface area contributed by atoms with Crippen molar-refractivity contribution in [1.29, 1.82) is 0 Å². The number of fused-ring (bicyclic) bond motifs is 1. The first-order chi connectivity index (χ1) is 9.97. The molecular formula is C12H13BN4O4. The molecule has 2 aromatic rings. The molecule has 0 bridgehead atoms. The summed E-state index contributed by atoms with van der Waals surface area (Å²) in [4.78, 5) is 24.5. The molecule has 1 aliphatic heterocycles. The second kappa shape index (κ2) is 4.87. The van der Waals surface area contributed by atoms with E-state index in [4.69, 9.17) is 0 Å². The maximum atomic E-state index is 11.9. The van der Waals surface area contributed by atoms with Gasteiger partial charge in [0.2, 0.25) is 5.91 Å². The summed E-state index contributed by atoms with van der Waals surface area (Å²) in [5.41, 5.74) is 1.01. The van der Waals surface area contributed by atoms with Crippen molar-refractivity contribution in [1.82, 2.24) is 15.1 Å². The van der Waals surface area contributed by atoms with Crippen LogP contribution in [0.15, 0.2) is 18.2 Å². The molecule has 21 heavy (non-hydrogen) atoms. The van der Waals surface area contributed by atoms with E-state index in [0.29, 0.717) is 22.2 Å². The summed E-state index contributed by atoms with van der Waals surface area (Å²) in [6, 6.07) is 4.34. The largest absolute Gasteiger partial charge is 0.488 e. The van der Waals surface area contributed by atoms with Gasteiger partial charge in [-0.05, 0) is 17.6 Å². The predicted molar refractivity (Wildman–Crippen MR) is 76.0 cm³/mol. The van der Waals surface area contributed by atoms with E-state index in [1.54, 1.807) is 29.9 Å². The van der Waals surface area contributed by atoms with Gasteiger partial charge in [0.25, 0.3) is 0 Å². The van der Waals surface area contributed by atoms with E-state index in [9.17, 15) is 19.6 Å². The Balaban J connectivity index is 2.08. The normalized spacial score (nSPS) is 15.5. The van der Waals surface area contributed by atoms with Crippen molar-refractivity contribution in [3.63, 3.8) is 0 Å². The number of aromatic nitrogens is 2. The third kappa shape index (κ3) is 2.26. The monoisotopic (exact) mass is 288 g/mol. The maximum absolute atomic E-state index is 11.9. The molecular weight excluding hydrogens is 275 g/mol. The average molecular weight is 288 g/mol. The second-order valence-electron chi connectivity index (χ2n) is 4.85. The lowest BCUT2D eigenvalue weighted by Crippen LogP contribution is -2.49. The highest BCUT2D eigenvalue weighted by Gasteiger charge is 2.28. The van der Waals surface area contributed by atoms with Crippen molar-refractivity contribution in [2.24, 2.45) is 7.05 Å². The number of amides is 3. The van der Waals surface area contributed by atoms with Crippen molar-refractivity contribution >= 4 is 41.2 Å². The van der Waals surface area contributed by atoms with E-state index in [0.717, 1.165) is 0 Å². The molecule has 0 radical (unpaired) electrons. The van der Waals surface area contributed by atoms with Gasteiger partial charge in [-0.15, -0.1) is 0 Å². The highest BCUT2D eigenvalue weighted by molar-refractivity contribution is 6.58. The van der Waals surface area contributed by atoms with Gasteiger partial charge in [-0.2, -0.15) is 5.10 Å². The Kier molecular flexibility index (Phi) is 3.15. The van der Waals surface area contributed by atoms with Gasteiger partial charge < -0.3 is 10.0 Å². The van der Waals surface area contributed by atoms with Crippen LogP contribution in [0.2, 0.25) is 0 Å². The van der Waals surface area contributed by atoms with E-state index in [2.05, 4.69) is 10.4 Å². The van der Waals surface area contributed by atoms with Gasteiger partial charge in [-0.25, -0.2) is 4.79 Å². The van der Waals surface area contributed by atoms with Crippen LogP contribution in [-0.2, 0) is 11.8 Å². The van der Waals surface area contributed by atoms with Crippen LogP contribution in [0.25, 0.3) is 10.9 Å². The van der Waals surface area contributed by atoms with E-state index >= 15 is 0 Å². The van der Waals surface area contributed by atoms with Crippen LogP contribution in [0.4, 0.5) is 10.6 Å². The number of carbonyl (C=O) groups is 2. The standard InChI is InChI=1S/C12H13BN4O4/c1-16-9-6-7(13(20)21)2-3-8(9)11(15-16)17-5-4-10(18)14-12(17)19/h2-3,6,20-21H,4-5H2,1H3,(H,14,18,19). The summed E-state index contributed by atoms with van der Waals surface area (Å²) in [7, 11) is 0.135. The fourth-order valence-electron chi connectivity index (χ4n) is 2.38. The molecule has 1 saturated heterocycles. The number of rotatable bonds is 2. The number of benzene rings is 1. The van der Waals surface area contributed by atoms with Crippen LogP contribution in [0.1, 0.15) is 6.42 Å². The summed E-state index contributed by atoms with van der Waals surface area (Å²) >= 11 is 0. The van der Waals surface area contributed by atoms with Gasteiger partial charge >= 0.3 is 13.1 Å². The van der Waals surface area contributed by atoms with Crippen molar-refractivity contribution in [3.05, 3.63) is 18.2 Å². The molecule has 1 aromatic carbocycles. The minimum Gasteiger partial charge on any atom is -0.423 e. The Labute approximate surface area is 120 Å². The van der Waals surface area contributed by atoms with E-state index in [1.165, 1.54) is 4.90 Å². The molecule has 9 heteroatoms. The van der Waals surface area contributed by atoms with Gasteiger partial charge in [0.05, 0.1) is 5.52 Å². The molecule has 1 aromatic heterocycles. The number of nitrogens with zero attached hydrogens (tertiary/aromatic N) is 3. The Hall–Kier alpha value is -2.39. The SMILES string of the molecule is Cn1nc(N2CCC(=O)NC2=O)c2ccc(B(O)O)cc21. The molecule has 2 heterocycles. The van der Waals surface area contributed by atoms with Crippen LogP contribution < -0.4 is 15.7 Å². The van der Waals surface area contributed by atoms with Crippen molar-refractivity contribution in [2.45, 2.75) is 6.42 Å². The minimum atomic E-state index is -1.57. The zero-order valence-corrected chi connectivity index (χ0v) is 11.3. The first-order valence-corrected chi connectivity index (χ1v) is 6.41. The topological polar surface area (TPSA) is 108 Å². The molecule has 0 aliphatic carbocycles. The number of hydrogen-bond acceptors (Lipinski definition) is 5. The maximum Gasteiger partial charge on any atom is 0.488 e. The zero-order valence-electron chi connectivity index (χ0n) is 11.3. The van der Waals surface area contributed by atoms with Crippen LogP contribution in [0, 0.1) is 0 Å². The second-order valence-corrected chi connectivity index (χ2v) is 4.85. The van der Waals surface area contributed by atoms with Crippen LogP contribution in [0.3, 0.4) is 0 Å². The molecule has 8 nitrogen and oxygen atoms in total. The van der Waals surface area contributed by atoms with Gasteiger partial charge in [0.1, 0.15) is 0 Å². The zero-order chi connectivity index (χ0) is 15.1. The lowest BCUT2D eigenvalue weighted by atomic mass is 9.80. The third-order valence-electron chi connectivity index (χ3n) is 3.46. The summed E-state index contributed by atoms with van der Waals surface area (Å²) in [5.74, 6) is 0.138. The minimum absolute atomic E-state index is 0.219. The van der Waals surface area contributed by atoms with Gasteiger partial charge in [-0.1, -0.05) is 6.07 Å². The molecule has 3 amide bonds. The number of anilines is 1. The summed E-state index contributed by atoms with van der Waals surface area (Å²) in [5, 5.41) is 25.7. The van der Waals surface area contributed by atoms with Crippen molar-refractivity contribution < 1.29 is 19.6 Å². The lowest BCUT2D eigenvalue weighted by molar-refractivity contribution is -0.120. The molecule has 0 spiro atoms. The van der Waals surface area contributed by atoms with Gasteiger partial charge in [0.15, 0.2) is 5.82 Å². The number of urea groups is 1. The molecule has 1 aliphatic rings. The van der Waals surface area contributed by atoms with Gasteiger partial charge in [0, 0.05) is 25.4 Å². The smallest absolute Gasteiger partial charge is 0.423 e. The quantitative estimate of drug-likeness (QED) is 0.595. The average Bonchev–Trinajstić information content (AvgIpc) is 2.75. The molecule has 3 N–H and O–H groups in total. The molecule has 108 valence electrons. The van der Waals surface area contributed by atoms with E-state index < -0.39 is 13.1 Å². The fourth-order valence-corrected chi connectivity index (χ4v) is 2.38. The number of carbonyl (C=O) groups excluding carboxylic acids is 2. The highest BCUT2D eigenvalue weighted by atomic mass is 16.4. The molecule has 3 rings (SSSR count). The van der Waals surface area contributed by atoms with Crippen molar-refractivity contribution in [3.8, 4) is 0 Å². The Bertz CT molecular complexity index is 742. The van der Waals surface area contributed by atoms with E-state index in [1.807, 2.05) is 0 Å². The molecule has 1 fully saturated rings. The summed E-state index contributed by atoms with van der Waals surface area (Å²) in [6.07, 6.45) is 0.219. The first kappa shape index (κ1) is 13.6. The number of aryl methyl sites for hydroxylation is 1. The Morgan fingerprint density at radius 2 is 2.10 bits per heavy atom. The van der Waals surface area contributed by atoms with Crippen LogP contribution >= 0.6 is 0 Å². The number of nitrogens with one attached hydrogen (secondary N) is 1. The Morgan fingerprint density at radius 3 is 2.76 bits per heavy atom. The Morgan fingerprint density at radius 1 is 1.33 bits per heavy atom. The predicted octanol–water partition coefficient (Wildman–Crippen LogP) is -1.30. The molecule has 0 unspecified atom stereocenters. The summed E-state index contributed by atoms with van der Waals surface area (Å²) in [6.45, 7) is 0.265. The van der Waals surface area contributed by atoms with Crippen molar-refractivity contribution in [2.75, 3.05) is 11.4 Å². The molecule has 0 atom stereocenters. The van der Waals surface area contributed by atoms with Crippen LogP contribution in [-0.4, -0.2) is 45.4 Å². The van der Waals surface area contributed by atoms with Crippen LogP contribution in [0.5, 0.6) is 0 Å². The number of imide groups is 1. The molecule has 0 saturated carbocycles. The number of hydrogen-bond donors (Lipinski definition) is 3. The summed E-state index contributed by atoms with van der Waals surface area (Å²) < 4.78 is 1.56. The fraction of sp³-hybridized carbons (Fsp3) is 0.250.